The summed E-state index contributed by atoms with van der Waals surface area (Å²) in [6.45, 7) is 2.79. The van der Waals surface area contributed by atoms with Crippen LogP contribution in [0.4, 0.5) is 0 Å². The molecule has 0 spiro atoms. The largest absolute Gasteiger partial charge is 0.423 e. The Morgan fingerprint density at radius 1 is 1.00 bits per heavy atom. The van der Waals surface area contributed by atoms with Crippen molar-refractivity contribution in [2.75, 3.05) is 6.54 Å². The number of hydrogen-bond acceptors (Lipinski definition) is 7. The van der Waals surface area contributed by atoms with Crippen molar-refractivity contribution >= 4 is 23.8 Å². The molecule has 0 saturated heterocycles. The van der Waals surface area contributed by atoms with Crippen LogP contribution in [0.5, 0.6) is 11.5 Å². The summed E-state index contributed by atoms with van der Waals surface area (Å²) in [7, 11) is 0. The molecule has 0 aromatic heterocycles. The molecule has 0 unspecified atom stereocenters. The molecule has 24 heavy (non-hydrogen) atoms. The van der Waals surface area contributed by atoms with Crippen LogP contribution < -0.4 is 14.9 Å². The van der Waals surface area contributed by atoms with Gasteiger partial charge in [-0.3, -0.25) is 19.2 Å². The minimum Gasteiger partial charge on any atom is -0.423 e. The predicted molar refractivity (Wildman–Crippen MR) is 81.8 cm³/mol. The topological polar surface area (TPSA) is 102 Å². The van der Waals surface area contributed by atoms with E-state index in [1.54, 1.807) is 12.1 Å². The van der Waals surface area contributed by atoms with E-state index >= 15 is 0 Å². The number of ether oxygens (including phenoxy) is 2. The number of imide groups is 1. The van der Waals surface area contributed by atoms with Crippen LogP contribution in [0.1, 0.15) is 19.4 Å². The number of esters is 2. The molecule has 2 amide bonds. The summed E-state index contributed by atoms with van der Waals surface area (Å²) in [5.74, 6) is -1.65. The molecule has 2 rings (SSSR count). The van der Waals surface area contributed by atoms with Crippen molar-refractivity contribution in [3.8, 4) is 11.5 Å². The molecule has 1 aromatic rings. The monoisotopic (exact) mass is 332 g/mol. The van der Waals surface area contributed by atoms with Gasteiger partial charge in [0.25, 0.3) is 11.8 Å². The summed E-state index contributed by atoms with van der Waals surface area (Å²) in [5.41, 5.74) is 3.48. The molecule has 1 aliphatic rings. The fourth-order valence-electron chi connectivity index (χ4n) is 2.05. The second kappa shape index (κ2) is 7.51. The molecule has 1 heterocycles. The van der Waals surface area contributed by atoms with Crippen LogP contribution in [-0.2, 0) is 25.6 Å². The number of nitrogens with zero attached hydrogens (tertiary/aromatic N) is 1. The van der Waals surface area contributed by atoms with E-state index in [2.05, 4.69) is 5.43 Å². The van der Waals surface area contributed by atoms with Gasteiger partial charge in [-0.2, -0.15) is 0 Å². The third kappa shape index (κ3) is 4.50. The van der Waals surface area contributed by atoms with Gasteiger partial charge in [0, 0.05) is 32.5 Å². The van der Waals surface area contributed by atoms with Gasteiger partial charge < -0.3 is 9.47 Å². The zero-order valence-electron chi connectivity index (χ0n) is 13.2. The quantitative estimate of drug-likeness (QED) is 0.460. The Balaban J connectivity index is 2.02. The van der Waals surface area contributed by atoms with Gasteiger partial charge in [0.2, 0.25) is 0 Å². The maximum absolute atomic E-state index is 11.4. The number of carbonyl (C=O) groups is 4. The Bertz CT molecular complexity index is 707. The van der Waals surface area contributed by atoms with Crippen LogP contribution in [-0.4, -0.2) is 35.3 Å². The average Bonchev–Trinajstić information content (AvgIpc) is 2.80. The van der Waals surface area contributed by atoms with Crippen LogP contribution in [0.15, 0.2) is 30.4 Å². The first-order chi connectivity index (χ1) is 11.4. The molecule has 0 saturated carbocycles. The number of rotatable bonds is 6. The third-order valence-electron chi connectivity index (χ3n) is 3.01. The summed E-state index contributed by atoms with van der Waals surface area (Å²) in [5, 5.41) is 0.917. The smallest absolute Gasteiger partial charge is 0.308 e. The van der Waals surface area contributed by atoms with Crippen molar-refractivity contribution in [1.29, 1.82) is 0 Å². The van der Waals surface area contributed by atoms with Gasteiger partial charge in [-0.15, -0.1) is 0 Å². The molecule has 1 N–H and O–H groups in total. The molecule has 0 fully saturated rings. The van der Waals surface area contributed by atoms with Crippen molar-refractivity contribution in [3.63, 3.8) is 0 Å². The highest BCUT2D eigenvalue weighted by Gasteiger charge is 2.22. The van der Waals surface area contributed by atoms with Crippen molar-refractivity contribution in [2.24, 2.45) is 0 Å². The Labute approximate surface area is 138 Å². The highest BCUT2D eigenvalue weighted by molar-refractivity contribution is 6.12. The average molecular weight is 332 g/mol. The van der Waals surface area contributed by atoms with E-state index < -0.39 is 23.8 Å². The zero-order valence-corrected chi connectivity index (χ0v) is 13.2. The highest BCUT2D eigenvalue weighted by Crippen LogP contribution is 2.29. The van der Waals surface area contributed by atoms with Crippen LogP contribution in [0, 0.1) is 0 Å². The number of benzene rings is 1. The van der Waals surface area contributed by atoms with Gasteiger partial charge in [0.05, 0.1) is 0 Å². The normalized spacial score (nSPS) is 13.3. The Morgan fingerprint density at radius 2 is 1.58 bits per heavy atom. The molecule has 0 atom stereocenters. The first kappa shape index (κ1) is 17.4. The summed E-state index contributed by atoms with van der Waals surface area (Å²) in [4.78, 5) is 45.0. The lowest BCUT2D eigenvalue weighted by atomic mass is 10.1. The van der Waals surface area contributed by atoms with Crippen molar-refractivity contribution in [1.82, 2.24) is 10.4 Å². The second-order valence-corrected chi connectivity index (χ2v) is 4.97. The number of amides is 2. The van der Waals surface area contributed by atoms with Gasteiger partial charge in [0.15, 0.2) is 11.5 Å². The molecule has 1 aliphatic heterocycles. The fraction of sp³-hybridized carbons (Fsp3) is 0.250. The fourth-order valence-corrected chi connectivity index (χ4v) is 2.05. The van der Waals surface area contributed by atoms with Crippen molar-refractivity contribution in [3.05, 3.63) is 35.9 Å². The van der Waals surface area contributed by atoms with E-state index in [-0.39, 0.29) is 11.5 Å². The highest BCUT2D eigenvalue weighted by atomic mass is 16.6. The molecule has 8 nitrogen and oxygen atoms in total. The lowest BCUT2D eigenvalue weighted by Crippen LogP contribution is -2.43. The molecule has 8 heteroatoms. The summed E-state index contributed by atoms with van der Waals surface area (Å²) in [6, 6.07) is 4.77. The Morgan fingerprint density at radius 3 is 2.17 bits per heavy atom. The van der Waals surface area contributed by atoms with E-state index in [9.17, 15) is 19.2 Å². The maximum atomic E-state index is 11.4. The minimum absolute atomic E-state index is 0.130. The van der Waals surface area contributed by atoms with Gasteiger partial charge >= 0.3 is 11.9 Å². The molecule has 1 aromatic carbocycles. The lowest BCUT2D eigenvalue weighted by Gasteiger charge is -2.15. The van der Waals surface area contributed by atoms with E-state index in [0.717, 1.165) is 10.6 Å². The zero-order chi connectivity index (χ0) is 17.7. The first-order valence-corrected chi connectivity index (χ1v) is 7.16. The van der Waals surface area contributed by atoms with Crippen LogP contribution >= 0.6 is 0 Å². The molecule has 126 valence electrons. The first-order valence-electron chi connectivity index (χ1n) is 7.16. The van der Waals surface area contributed by atoms with Crippen LogP contribution in [0.2, 0.25) is 0 Å². The number of nitrogens with one attached hydrogen (secondary N) is 1. The standard InChI is InChI=1S/C16H16N2O6/c1-10(19)23-13-4-3-12(9-14(13)24-11(2)20)7-8-17-18-15(21)5-6-16(18)22/h3-6,9,17H,7-8H2,1-2H3. The maximum Gasteiger partial charge on any atom is 0.308 e. The molecular formula is C16H16N2O6. The SMILES string of the molecule is CC(=O)Oc1ccc(CCNN2C(=O)C=CC2=O)cc1OC(C)=O. The van der Waals surface area contributed by atoms with Gasteiger partial charge in [0.1, 0.15) is 0 Å². The number of hydrazine groups is 1. The molecule has 0 bridgehead atoms. The number of hydrogen-bond donors (Lipinski definition) is 1. The number of carbonyl (C=O) groups excluding carboxylic acids is 4. The summed E-state index contributed by atoms with van der Waals surface area (Å²) < 4.78 is 10.0. The van der Waals surface area contributed by atoms with Crippen LogP contribution in [0.25, 0.3) is 0 Å². The third-order valence-corrected chi connectivity index (χ3v) is 3.01. The lowest BCUT2D eigenvalue weighted by molar-refractivity contribution is -0.140. The van der Waals surface area contributed by atoms with E-state index in [1.807, 2.05) is 0 Å². The van der Waals surface area contributed by atoms with Gasteiger partial charge in [-0.25, -0.2) is 10.4 Å². The van der Waals surface area contributed by atoms with E-state index in [0.29, 0.717) is 13.0 Å². The molecule has 0 aliphatic carbocycles. The van der Waals surface area contributed by atoms with Crippen molar-refractivity contribution < 1.29 is 28.7 Å². The predicted octanol–water partition coefficient (Wildman–Crippen LogP) is 0.509. The van der Waals surface area contributed by atoms with Gasteiger partial charge in [-0.05, 0) is 24.1 Å². The Kier molecular flexibility index (Phi) is 5.43. The molecular weight excluding hydrogens is 316 g/mol. The molecule has 0 radical (unpaired) electrons. The second-order valence-electron chi connectivity index (χ2n) is 4.97. The van der Waals surface area contributed by atoms with E-state index in [1.165, 1.54) is 32.1 Å². The minimum atomic E-state index is -0.544. The van der Waals surface area contributed by atoms with Gasteiger partial charge in [-0.1, -0.05) is 6.07 Å². The van der Waals surface area contributed by atoms with E-state index in [4.69, 9.17) is 9.47 Å². The summed E-state index contributed by atoms with van der Waals surface area (Å²) in [6.07, 6.45) is 2.82. The Hall–Kier alpha value is -3.00. The van der Waals surface area contributed by atoms with Crippen LogP contribution in [0.3, 0.4) is 0 Å². The van der Waals surface area contributed by atoms with Crippen molar-refractivity contribution in [2.45, 2.75) is 20.3 Å². The summed E-state index contributed by atoms with van der Waals surface area (Å²) >= 11 is 0.